The van der Waals surface area contributed by atoms with Gasteiger partial charge in [-0.1, -0.05) is 6.07 Å². The summed E-state index contributed by atoms with van der Waals surface area (Å²) in [7, 11) is 1.36. The predicted molar refractivity (Wildman–Crippen MR) is 67.5 cm³/mol. The van der Waals surface area contributed by atoms with Gasteiger partial charge in [-0.25, -0.2) is 8.78 Å². The highest BCUT2D eigenvalue weighted by Gasteiger charge is 2.14. The van der Waals surface area contributed by atoms with Gasteiger partial charge in [0.05, 0.1) is 12.7 Å². The molecular weight excluding hydrogens is 236 g/mol. The van der Waals surface area contributed by atoms with Crippen molar-refractivity contribution >= 4 is 5.69 Å². The molecule has 94 valence electrons. The van der Waals surface area contributed by atoms with E-state index in [2.05, 4.69) is 0 Å². The van der Waals surface area contributed by atoms with Crippen LogP contribution in [-0.4, -0.2) is 7.11 Å². The molecule has 2 aromatic carbocycles. The van der Waals surface area contributed by atoms with E-state index in [0.717, 1.165) is 17.7 Å². The quantitative estimate of drug-likeness (QED) is 0.826. The van der Waals surface area contributed by atoms with Crippen molar-refractivity contribution in [3.63, 3.8) is 0 Å². The molecule has 2 N–H and O–H groups in total. The SMILES string of the molecule is COc1cc(F)c(-c2cc(C)cc(N)c2)c(F)c1. The van der Waals surface area contributed by atoms with Crippen LogP contribution in [0.4, 0.5) is 14.5 Å². The third kappa shape index (κ3) is 2.27. The van der Waals surface area contributed by atoms with Crippen LogP contribution in [0.3, 0.4) is 0 Å². The van der Waals surface area contributed by atoms with Crippen molar-refractivity contribution in [2.24, 2.45) is 0 Å². The Labute approximate surface area is 104 Å². The maximum Gasteiger partial charge on any atom is 0.137 e. The van der Waals surface area contributed by atoms with Crippen LogP contribution < -0.4 is 10.5 Å². The Hall–Kier alpha value is -2.10. The van der Waals surface area contributed by atoms with Gasteiger partial charge in [0.15, 0.2) is 0 Å². The highest BCUT2D eigenvalue weighted by Crippen LogP contribution is 2.31. The van der Waals surface area contributed by atoms with Crippen LogP contribution in [0.5, 0.6) is 5.75 Å². The lowest BCUT2D eigenvalue weighted by atomic mass is 10.0. The maximum absolute atomic E-state index is 13.9. The van der Waals surface area contributed by atoms with Crippen LogP contribution in [0.2, 0.25) is 0 Å². The predicted octanol–water partition coefficient (Wildman–Crippen LogP) is 3.53. The summed E-state index contributed by atoms with van der Waals surface area (Å²) in [6, 6.07) is 7.27. The van der Waals surface area contributed by atoms with Crippen molar-refractivity contribution in [1.29, 1.82) is 0 Å². The molecule has 0 aromatic heterocycles. The summed E-state index contributed by atoms with van der Waals surface area (Å²) >= 11 is 0. The fourth-order valence-electron chi connectivity index (χ4n) is 1.90. The third-order valence-corrected chi connectivity index (χ3v) is 2.64. The van der Waals surface area contributed by atoms with Crippen molar-refractivity contribution in [2.75, 3.05) is 12.8 Å². The second kappa shape index (κ2) is 4.64. The second-order valence-electron chi connectivity index (χ2n) is 4.10. The second-order valence-corrected chi connectivity index (χ2v) is 4.10. The molecule has 0 saturated carbocycles. The number of aryl methyl sites for hydroxylation is 1. The van der Waals surface area contributed by atoms with Gasteiger partial charge in [-0.05, 0) is 30.2 Å². The largest absolute Gasteiger partial charge is 0.497 e. The molecule has 2 aromatic rings. The summed E-state index contributed by atoms with van der Waals surface area (Å²) in [4.78, 5) is 0. The van der Waals surface area contributed by atoms with E-state index < -0.39 is 11.6 Å². The first-order chi connectivity index (χ1) is 8.51. The molecule has 0 heterocycles. The van der Waals surface area contributed by atoms with Gasteiger partial charge in [-0.2, -0.15) is 0 Å². The number of nitrogens with two attached hydrogens (primary N) is 1. The molecule has 0 aliphatic carbocycles. The fourth-order valence-corrected chi connectivity index (χ4v) is 1.90. The molecule has 0 atom stereocenters. The Balaban J connectivity index is 2.63. The lowest BCUT2D eigenvalue weighted by Crippen LogP contribution is -1.95. The Bertz CT molecular complexity index is 553. The molecule has 0 unspecified atom stereocenters. The summed E-state index contributed by atoms with van der Waals surface area (Å²) in [5, 5.41) is 0. The zero-order valence-electron chi connectivity index (χ0n) is 10.1. The number of rotatable bonds is 2. The van der Waals surface area contributed by atoms with Gasteiger partial charge in [0, 0.05) is 17.8 Å². The third-order valence-electron chi connectivity index (χ3n) is 2.64. The molecule has 2 nitrogen and oxygen atoms in total. The summed E-state index contributed by atoms with van der Waals surface area (Å²) in [5.41, 5.74) is 7.33. The van der Waals surface area contributed by atoms with Gasteiger partial charge in [-0.3, -0.25) is 0 Å². The van der Waals surface area contributed by atoms with Gasteiger partial charge in [-0.15, -0.1) is 0 Å². The molecular formula is C14H13F2NO. The maximum atomic E-state index is 13.9. The lowest BCUT2D eigenvalue weighted by molar-refractivity contribution is 0.407. The van der Waals surface area contributed by atoms with Crippen molar-refractivity contribution in [2.45, 2.75) is 6.92 Å². The van der Waals surface area contributed by atoms with Gasteiger partial charge in [0.2, 0.25) is 0 Å². The Morgan fingerprint density at radius 1 is 1.00 bits per heavy atom. The van der Waals surface area contributed by atoms with Crippen molar-refractivity contribution in [1.82, 2.24) is 0 Å². The minimum atomic E-state index is -0.670. The zero-order valence-corrected chi connectivity index (χ0v) is 10.1. The van der Waals surface area contributed by atoms with E-state index in [1.165, 1.54) is 7.11 Å². The molecule has 0 spiro atoms. The zero-order chi connectivity index (χ0) is 13.3. The average Bonchev–Trinajstić information content (AvgIpc) is 2.26. The molecule has 2 rings (SSSR count). The van der Waals surface area contributed by atoms with Crippen molar-refractivity contribution in [3.8, 4) is 16.9 Å². The van der Waals surface area contributed by atoms with E-state index in [0.29, 0.717) is 11.3 Å². The number of benzene rings is 2. The Morgan fingerprint density at radius 3 is 2.11 bits per heavy atom. The van der Waals surface area contributed by atoms with Crippen molar-refractivity contribution < 1.29 is 13.5 Å². The first-order valence-electron chi connectivity index (χ1n) is 5.42. The van der Waals surface area contributed by atoms with Gasteiger partial charge in [0.25, 0.3) is 0 Å². The van der Waals surface area contributed by atoms with Crippen LogP contribution in [0.1, 0.15) is 5.56 Å². The van der Waals surface area contributed by atoms with E-state index >= 15 is 0 Å². The topological polar surface area (TPSA) is 35.2 Å². The average molecular weight is 249 g/mol. The molecule has 0 aliphatic heterocycles. The number of nitrogen functional groups attached to an aromatic ring is 1. The molecule has 18 heavy (non-hydrogen) atoms. The van der Waals surface area contributed by atoms with E-state index in [1.54, 1.807) is 18.2 Å². The van der Waals surface area contributed by atoms with E-state index in [1.807, 2.05) is 6.92 Å². The normalized spacial score (nSPS) is 10.4. The highest BCUT2D eigenvalue weighted by atomic mass is 19.1. The summed E-state index contributed by atoms with van der Waals surface area (Å²) in [6.45, 7) is 1.82. The van der Waals surface area contributed by atoms with E-state index in [4.69, 9.17) is 10.5 Å². The van der Waals surface area contributed by atoms with E-state index in [9.17, 15) is 8.78 Å². The number of halogens is 2. The van der Waals surface area contributed by atoms with Crippen LogP contribution in [-0.2, 0) is 0 Å². The first-order valence-corrected chi connectivity index (χ1v) is 5.42. The van der Waals surface area contributed by atoms with Gasteiger partial charge >= 0.3 is 0 Å². The number of hydrogen-bond donors (Lipinski definition) is 1. The minimum absolute atomic E-state index is 0.0915. The summed E-state index contributed by atoms with van der Waals surface area (Å²) in [5.74, 6) is -1.19. The molecule has 0 saturated heterocycles. The highest BCUT2D eigenvalue weighted by molar-refractivity contribution is 5.70. The number of methoxy groups -OCH3 is 1. The molecule has 0 fully saturated rings. The lowest BCUT2D eigenvalue weighted by Gasteiger charge is -2.09. The number of hydrogen-bond acceptors (Lipinski definition) is 2. The van der Waals surface area contributed by atoms with Crippen molar-refractivity contribution in [3.05, 3.63) is 47.5 Å². The smallest absolute Gasteiger partial charge is 0.137 e. The Kier molecular flexibility index (Phi) is 3.19. The summed E-state index contributed by atoms with van der Waals surface area (Å²) in [6.07, 6.45) is 0. The molecule has 0 amide bonds. The van der Waals surface area contributed by atoms with Crippen LogP contribution in [0.25, 0.3) is 11.1 Å². The molecule has 0 bridgehead atoms. The monoisotopic (exact) mass is 249 g/mol. The van der Waals surface area contributed by atoms with Crippen LogP contribution in [0, 0.1) is 18.6 Å². The summed E-state index contributed by atoms with van der Waals surface area (Å²) < 4.78 is 32.6. The number of anilines is 1. The van der Waals surface area contributed by atoms with Gasteiger partial charge < -0.3 is 10.5 Å². The van der Waals surface area contributed by atoms with Gasteiger partial charge in [0.1, 0.15) is 17.4 Å². The molecule has 4 heteroatoms. The Morgan fingerprint density at radius 2 is 1.61 bits per heavy atom. The molecule has 0 radical (unpaired) electrons. The van der Waals surface area contributed by atoms with Crippen LogP contribution in [0.15, 0.2) is 30.3 Å². The minimum Gasteiger partial charge on any atom is -0.497 e. The fraction of sp³-hybridized carbons (Fsp3) is 0.143. The molecule has 0 aliphatic rings. The van der Waals surface area contributed by atoms with Crippen LogP contribution >= 0.6 is 0 Å². The first kappa shape index (κ1) is 12.4. The van der Waals surface area contributed by atoms with E-state index in [-0.39, 0.29) is 11.3 Å². The standard InChI is InChI=1S/C14H13F2NO/c1-8-3-9(5-10(17)4-8)14-12(15)6-11(18-2)7-13(14)16/h3-7H,17H2,1-2H3. The number of ether oxygens (including phenoxy) is 1.